The van der Waals surface area contributed by atoms with Crippen molar-refractivity contribution in [3.05, 3.63) is 60.7 Å². The van der Waals surface area contributed by atoms with Crippen molar-refractivity contribution in [3.8, 4) is 5.75 Å². The van der Waals surface area contributed by atoms with Gasteiger partial charge < -0.3 is 4.74 Å². The smallest absolute Gasteiger partial charge is 0.313 e. The number of carbonyl (C=O) groups is 1. The van der Waals surface area contributed by atoms with Gasteiger partial charge in [0, 0.05) is 0 Å². The minimum absolute atomic E-state index is 0.111. The third-order valence-electron chi connectivity index (χ3n) is 2.56. The van der Waals surface area contributed by atoms with Crippen molar-refractivity contribution in [1.29, 1.82) is 0 Å². The van der Waals surface area contributed by atoms with Gasteiger partial charge in [0.25, 0.3) is 0 Å². The molecule has 2 aromatic carbocycles. The Kier molecular flexibility index (Phi) is 4.53. The molecule has 0 aromatic heterocycles. The van der Waals surface area contributed by atoms with Crippen molar-refractivity contribution < 1.29 is 14.7 Å². The number of esters is 1. The highest BCUT2D eigenvalue weighted by Crippen LogP contribution is 2.12. The molecule has 2 rings (SSSR count). The number of nitrogens with zero attached hydrogens (tertiary/aromatic N) is 1. The van der Waals surface area contributed by atoms with E-state index in [1.807, 2.05) is 24.3 Å². The number of carbonyl (C=O) groups excluding carboxylic acids is 1. The third kappa shape index (κ3) is 4.12. The highest BCUT2D eigenvalue weighted by atomic mass is 16.5. The second-order valence-corrected chi connectivity index (χ2v) is 4.00. The summed E-state index contributed by atoms with van der Waals surface area (Å²) in [5.41, 5.74) is 0.648. The first-order valence-corrected chi connectivity index (χ1v) is 6.03. The second kappa shape index (κ2) is 6.56. The quantitative estimate of drug-likeness (QED) is 0.508. The molecule has 0 unspecified atom stereocenters. The van der Waals surface area contributed by atoms with Gasteiger partial charge in [0.1, 0.15) is 5.75 Å². The molecule has 0 saturated carbocycles. The van der Waals surface area contributed by atoms with Gasteiger partial charge in [-0.3, -0.25) is 15.1 Å². The summed E-state index contributed by atoms with van der Waals surface area (Å²) in [7, 11) is 0. The molecular formula is C15H15NO3. The molecule has 1 N–H and O–H groups in total. The summed E-state index contributed by atoms with van der Waals surface area (Å²) in [6.45, 7) is 0.190. The van der Waals surface area contributed by atoms with E-state index >= 15 is 0 Å². The molecule has 0 radical (unpaired) electrons. The third-order valence-corrected chi connectivity index (χ3v) is 2.56. The van der Waals surface area contributed by atoms with Crippen LogP contribution in [0.15, 0.2) is 60.7 Å². The van der Waals surface area contributed by atoms with Crippen LogP contribution < -0.4 is 9.80 Å². The standard InChI is InChI=1S/C15H15NO3/c17-15(19-14-9-5-2-6-10-14)11-12-16(18)13-7-3-1-4-8-13/h1-10,18H,11-12H2. The molecule has 19 heavy (non-hydrogen) atoms. The number of hydrogen-bond donors (Lipinski definition) is 1. The SMILES string of the molecule is O=C(CCN(O)c1ccccc1)Oc1ccccc1. The highest BCUT2D eigenvalue weighted by molar-refractivity contribution is 5.72. The van der Waals surface area contributed by atoms with Crippen LogP contribution in [-0.4, -0.2) is 17.7 Å². The maximum atomic E-state index is 11.6. The summed E-state index contributed by atoms with van der Waals surface area (Å²) in [6, 6.07) is 17.9. The predicted molar refractivity (Wildman–Crippen MR) is 72.3 cm³/mol. The van der Waals surface area contributed by atoms with E-state index in [-0.39, 0.29) is 18.9 Å². The Labute approximate surface area is 111 Å². The van der Waals surface area contributed by atoms with Crippen LogP contribution in [0, 0.1) is 0 Å². The van der Waals surface area contributed by atoms with E-state index < -0.39 is 0 Å². The van der Waals surface area contributed by atoms with Crippen molar-refractivity contribution in [2.45, 2.75) is 6.42 Å². The molecule has 4 heteroatoms. The number of rotatable bonds is 5. The lowest BCUT2D eigenvalue weighted by Gasteiger charge is -2.16. The number of hydroxylamine groups is 1. The molecule has 0 atom stereocenters. The average Bonchev–Trinajstić information content (AvgIpc) is 2.47. The molecule has 0 spiro atoms. The lowest BCUT2D eigenvalue weighted by Crippen LogP contribution is -2.23. The molecule has 0 aliphatic rings. The van der Waals surface area contributed by atoms with Gasteiger partial charge in [-0.25, -0.2) is 0 Å². The molecule has 0 fully saturated rings. The van der Waals surface area contributed by atoms with Crippen LogP contribution in [0.4, 0.5) is 5.69 Å². The Balaban J connectivity index is 1.81. The van der Waals surface area contributed by atoms with Crippen molar-refractivity contribution >= 4 is 11.7 Å². The Bertz CT molecular complexity index is 513. The predicted octanol–water partition coefficient (Wildman–Crippen LogP) is 2.88. The van der Waals surface area contributed by atoms with Gasteiger partial charge in [-0.05, 0) is 24.3 Å². The van der Waals surface area contributed by atoms with Crippen LogP contribution in [0.1, 0.15) is 6.42 Å². The van der Waals surface area contributed by atoms with E-state index in [2.05, 4.69) is 0 Å². The Morgan fingerprint density at radius 3 is 2.21 bits per heavy atom. The van der Waals surface area contributed by atoms with E-state index in [0.717, 1.165) is 5.06 Å². The van der Waals surface area contributed by atoms with E-state index in [4.69, 9.17) is 4.74 Å². The first-order chi connectivity index (χ1) is 9.25. The van der Waals surface area contributed by atoms with Gasteiger partial charge in [-0.2, -0.15) is 0 Å². The molecule has 0 bridgehead atoms. The Morgan fingerprint density at radius 1 is 1.00 bits per heavy atom. The van der Waals surface area contributed by atoms with Crippen LogP contribution >= 0.6 is 0 Å². The van der Waals surface area contributed by atoms with Crippen LogP contribution in [0.5, 0.6) is 5.75 Å². The summed E-state index contributed by atoms with van der Waals surface area (Å²) in [4.78, 5) is 11.6. The van der Waals surface area contributed by atoms with Crippen LogP contribution in [0.2, 0.25) is 0 Å². The molecule has 98 valence electrons. The zero-order chi connectivity index (χ0) is 13.5. The number of anilines is 1. The summed E-state index contributed by atoms with van der Waals surface area (Å²) in [5, 5.41) is 10.8. The van der Waals surface area contributed by atoms with Crippen molar-refractivity contribution in [2.24, 2.45) is 0 Å². The molecule has 4 nitrogen and oxygen atoms in total. The molecule has 0 amide bonds. The lowest BCUT2D eigenvalue weighted by atomic mass is 10.3. The first kappa shape index (κ1) is 13.1. The minimum Gasteiger partial charge on any atom is -0.426 e. The summed E-state index contributed by atoms with van der Waals surface area (Å²) >= 11 is 0. The van der Waals surface area contributed by atoms with Crippen LogP contribution in [0.3, 0.4) is 0 Å². The lowest BCUT2D eigenvalue weighted by molar-refractivity contribution is -0.134. The van der Waals surface area contributed by atoms with Gasteiger partial charge in [-0.1, -0.05) is 36.4 Å². The molecular weight excluding hydrogens is 242 g/mol. The summed E-state index contributed by atoms with van der Waals surface area (Å²) in [6.07, 6.45) is 0.111. The number of hydrogen-bond acceptors (Lipinski definition) is 4. The average molecular weight is 257 g/mol. The van der Waals surface area contributed by atoms with E-state index in [9.17, 15) is 10.0 Å². The Hall–Kier alpha value is -2.33. The van der Waals surface area contributed by atoms with E-state index in [0.29, 0.717) is 11.4 Å². The summed E-state index contributed by atoms with van der Waals surface area (Å²) in [5.74, 6) is 0.137. The molecule has 2 aromatic rings. The maximum Gasteiger partial charge on any atom is 0.313 e. The molecule has 0 aliphatic carbocycles. The number of para-hydroxylation sites is 2. The highest BCUT2D eigenvalue weighted by Gasteiger charge is 2.08. The normalized spacial score (nSPS) is 9.95. The van der Waals surface area contributed by atoms with Gasteiger partial charge in [0.2, 0.25) is 0 Å². The summed E-state index contributed by atoms with van der Waals surface area (Å²) < 4.78 is 5.12. The van der Waals surface area contributed by atoms with Gasteiger partial charge in [0.05, 0.1) is 18.7 Å². The van der Waals surface area contributed by atoms with Crippen LogP contribution in [0.25, 0.3) is 0 Å². The molecule has 0 heterocycles. The zero-order valence-electron chi connectivity index (χ0n) is 10.4. The zero-order valence-corrected chi connectivity index (χ0v) is 10.4. The fraction of sp³-hybridized carbons (Fsp3) is 0.133. The Morgan fingerprint density at radius 2 is 1.58 bits per heavy atom. The molecule has 0 aliphatic heterocycles. The fourth-order valence-corrected chi connectivity index (χ4v) is 1.60. The second-order valence-electron chi connectivity index (χ2n) is 4.00. The van der Waals surface area contributed by atoms with E-state index in [1.165, 1.54) is 0 Å². The monoisotopic (exact) mass is 257 g/mol. The minimum atomic E-state index is -0.374. The van der Waals surface area contributed by atoms with Crippen molar-refractivity contribution in [3.63, 3.8) is 0 Å². The van der Waals surface area contributed by atoms with Gasteiger partial charge in [-0.15, -0.1) is 0 Å². The van der Waals surface area contributed by atoms with E-state index in [1.54, 1.807) is 36.4 Å². The van der Waals surface area contributed by atoms with Crippen LogP contribution in [-0.2, 0) is 4.79 Å². The maximum absolute atomic E-state index is 11.6. The molecule has 0 saturated heterocycles. The van der Waals surface area contributed by atoms with Crippen molar-refractivity contribution in [2.75, 3.05) is 11.6 Å². The number of ether oxygens (including phenoxy) is 1. The van der Waals surface area contributed by atoms with Crippen molar-refractivity contribution in [1.82, 2.24) is 0 Å². The fourth-order valence-electron chi connectivity index (χ4n) is 1.60. The largest absolute Gasteiger partial charge is 0.426 e. The first-order valence-electron chi connectivity index (χ1n) is 6.03. The number of benzene rings is 2. The topological polar surface area (TPSA) is 49.8 Å². The van der Waals surface area contributed by atoms with Gasteiger partial charge >= 0.3 is 5.97 Å². The van der Waals surface area contributed by atoms with Gasteiger partial charge in [0.15, 0.2) is 0 Å².